The fraction of sp³-hybridized carbons (Fsp3) is 0.600. The highest BCUT2D eigenvalue weighted by Gasteiger charge is 2.50. The van der Waals surface area contributed by atoms with Crippen molar-refractivity contribution in [3.63, 3.8) is 0 Å². The molecule has 2 aliphatic rings. The number of rotatable bonds is 9. The summed E-state index contributed by atoms with van der Waals surface area (Å²) in [6, 6.07) is 21.6. The van der Waals surface area contributed by atoms with Crippen molar-refractivity contribution in [2.45, 2.75) is 88.1 Å². The van der Waals surface area contributed by atoms with Gasteiger partial charge in [0.1, 0.15) is 48.8 Å². The van der Waals surface area contributed by atoms with E-state index in [1.807, 2.05) is 0 Å². The SMILES string of the molecule is CC(Cc1ccccc1)C(C)Cc1ccccc1.OC[C@H]1O[C@@H](O[C@H]2[C@H](O)[C@@H](O)[C@H](O)O[C@@H]2CO)[C@H](O)[C@@H](O)[C@H]1O. The third-order valence-corrected chi connectivity index (χ3v) is 7.75. The second kappa shape index (κ2) is 16.0. The summed E-state index contributed by atoms with van der Waals surface area (Å²) in [5.74, 6) is 1.43. The van der Waals surface area contributed by atoms with Crippen molar-refractivity contribution in [1.29, 1.82) is 0 Å². The summed E-state index contributed by atoms with van der Waals surface area (Å²) in [7, 11) is 0. The van der Waals surface area contributed by atoms with Crippen LogP contribution >= 0.6 is 0 Å². The van der Waals surface area contributed by atoms with Gasteiger partial charge < -0.3 is 55.1 Å². The lowest BCUT2D eigenvalue weighted by molar-refractivity contribution is -0.355. The van der Waals surface area contributed by atoms with Crippen molar-refractivity contribution < 1.29 is 55.1 Å². The largest absolute Gasteiger partial charge is 0.394 e. The Bertz CT molecular complexity index is 947. The van der Waals surface area contributed by atoms with Gasteiger partial charge in [0, 0.05) is 0 Å². The van der Waals surface area contributed by atoms with Gasteiger partial charge in [-0.3, -0.25) is 0 Å². The van der Waals surface area contributed by atoms with Crippen LogP contribution in [0, 0.1) is 11.8 Å². The Labute approximate surface area is 240 Å². The molecular formula is C30H44O11. The zero-order valence-corrected chi connectivity index (χ0v) is 23.3. The van der Waals surface area contributed by atoms with Crippen molar-refractivity contribution in [1.82, 2.24) is 0 Å². The average Bonchev–Trinajstić information content (AvgIpc) is 2.98. The first kappa shape index (κ1) is 33.5. The maximum atomic E-state index is 9.94. The minimum absolute atomic E-state index is 0.667. The van der Waals surface area contributed by atoms with Crippen LogP contribution in [0.25, 0.3) is 0 Å². The Kier molecular flexibility index (Phi) is 13.1. The summed E-state index contributed by atoms with van der Waals surface area (Å²) in [5.41, 5.74) is 2.90. The monoisotopic (exact) mass is 580 g/mol. The molecule has 2 aromatic carbocycles. The molecule has 2 aromatic rings. The Morgan fingerprint density at radius 2 is 1.10 bits per heavy atom. The molecule has 0 aromatic heterocycles. The van der Waals surface area contributed by atoms with Gasteiger partial charge in [-0.2, -0.15) is 0 Å². The number of benzene rings is 2. The zero-order valence-electron chi connectivity index (χ0n) is 23.3. The van der Waals surface area contributed by atoms with E-state index in [1.165, 1.54) is 24.0 Å². The highest BCUT2D eigenvalue weighted by atomic mass is 16.7. The fourth-order valence-corrected chi connectivity index (χ4v) is 4.94. The van der Waals surface area contributed by atoms with Crippen LogP contribution in [0.15, 0.2) is 60.7 Å². The van der Waals surface area contributed by atoms with Crippen molar-refractivity contribution in [3.8, 4) is 0 Å². The first-order valence-corrected chi connectivity index (χ1v) is 13.9. The molecule has 4 rings (SSSR count). The molecule has 12 atom stereocenters. The third kappa shape index (κ3) is 8.99. The molecule has 8 N–H and O–H groups in total. The van der Waals surface area contributed by atoms with Gasteiger partial charge in [0.05, 0.1) is 13.2 Å². The normalized spacial score (nSPS) is 35.2. The summed E-state index contributed by atoms with van der Waals surface area (Å²) in [5, 5.41) is 76.5. The van der Waals surface area contributed by atoms with Crippen molar-refractivity contribution in [3.05, 3.63) is 71.8 Å². The molecule has 230 valence electrons. The maximum absolute atomic E-state index is 9.94. The molecule has 2 saturated heterocycles. The quantitative estimate of drug-likeness (QED) is 0.188. The summed E-state index contributed by atoms with van der Waals surface area (Å²) in [4.78, 5) is 0. The minimum Gasteiger partial charge on any atom is -0.394 e. The summed E-state index contributed by atoms with van der Waals surface area (Å²) in [6.45, 7) is 3.38. The Morgan fingerprint density at radius 3 is 1.56 bits per heavy atom. The molecule has 0 amide bonds. The van der Waals surface area contributed by atoms with E-state index in [2.05, 4.69) is 74.5 Å². The molecule has 2 unspecified atom stereocenters. The van der Waals surface area contributed by atoms with Crippen LogP contribution in [-0.2, 0) is 27.1 Å². The topological polar surface area (TPSA) is 190 Å². The molecule has 2 heterocycles. The second-order valence-corrected chi connectivity index (χ2v) is 10.9. The van der Waals surface area contributed by atoms with E-state index in [0.717, 1.165) is 0 Å². The number of aliphatic hydroxyl groups is 8. The van der Waals surface area contributed by atoms with E-state index in [4.69, 9.17) is 19.3 Å². The van der Waals surface area contributed by atoms with E-state index in [1.54, 1.807) is 0 Å². The second-order valence-electron chi connectivity index (χ2n) is 10.9. The van der Waals surface area contributed by atoms with Gasteiger partial charge >= 0.3 is 0 Å². The first-order valence-electron chi connectivity index (χ1n) is 13.9. The van der Waals surface area contributed by atoms with E-state index in [9.17, 15) is 35.7 Å². The van der Waals surface area contributed by atoms with Gasteiger partial charge in [-0.1, -0.05) is 74.5 Å². The molecule has 11 nitrogen and oxygen atoms in total. The number of aliphatic hydroxyl groups excluding tert-OH is 8. The molecule has 2 fully saturated rings. The molecule has 0 saturated carbocycles. The molecule has 2 aliphatic heterocycles. The standard InChI is InChI=1S/C18H22.C12H22O11/c1-15(13-17-9-5-3-6-10-17)16(2)14-18-11-7-4-8-12-18;13-1-3-5(15)6(16)9(19)12(22-3)23-10-4(2-14)21-11(20)8(18)7(10)17/h3-12,15-16H,13-14H2,1-2H3;3-20H,1-2H2/t;3-,4-,5+,6+,7-,8-,9-,10-,11-,12+/m.1/s1. The summed E-state index contributed by atoms with van der Waals surface area (Å²) in [6.07, 6.45) is -13.2. The molecule has 11 heteroatoms. The zero-order chi connectivity index (χ0) is 30.1. The lowest BCUT2D eigenvalue weighted by Crippen LogP contribution is -2.64. The van der Waals surface area contributed by atoms with Crippen LogP contribution in [-0.4, -0.2) is 115 Å². The maximum Gasteiger partial charge on any atom is 0.187 e. The van der Waals surface area contributed by atoms with Crippen LogP contribution in [0.1, 0.15) is 25.0 Å². The van der Waals surface area contributed by atoms with E-state index >= 15 is 0 Å². The van der Waals surface area contributed by atoms with Crippen LogP contribution in [0.5, 0.6) is 0 Å². The smallest absolute Gasteiger partial charge is 0.187 e. The Hall–Kier alpha value is -2.00. The van der Waals surface area contributed by atoms with Gasteiger partial charge in [0.15, 0.2) is 12.6 Å². The van der Waals surface area contributed by atoms with Crippen LogP contribution in [0.4, 0.5) is 0 Å². The van der Waals surface area contributed by atoms with E-state index in [-0.39, 0.29) is 0 Å². The van der Waals surface area contributed by atoms with Gasteiger partial charge in [0.2, 0.25) is 0 Å². The number of hydrogen-bond donors (Lipinski definition) is 8. The summed E-state index contributed by atoms with van der Waals surface area (Å²) >= 11 is 0. The van der Waals surface area contributed by atoms with Gasteiger partial charge in [-0.05, 0) is 35.8 Å². The predicted molar refractivity (Wildman–Crippen MR) is 147 cm³/mol. The Balaban J connectivity index is 0.000000232. The molecule has 0 radical (unpaired) electrons. The highest BCUT2D eigenvalue weighted by molar-refractivity contribution is 5.17. The van der Waals surface area contributed by atoms with Gasteiger partial charge in [0.25, 0.3) is 0 Å². The first-order chi connectivity index (χ1) is 19.6. The van der Waals surface area contributed by atoms with E-state index in [0.29, 0.717) is 11.8 Å². The van der Waals surface area contributed by atoms with Crippen molar-refractivity contribution >= 4 is 0 Å². The molecular weight excluding hydrogens is 536 g/mol. The molecule has 0 aliphatic carbocycles. The highest BCUT2D eigenvalue weighted by Crippen LogP contribution is 2.28. The average molecular weight is 581 g/mol. The fourth-order valence-electron chi connectivity index (χ4n) is 4.94. The van der Waals surface area contributed by atoms with E-state index < -0.39 is 74.6 Å². The van der Waals surface area contributed by atoms with Crippen LogP contribution in [0.2, 0.25) is 0 Å². The number of ether oxygens (including phenoxy) is 3. The molecule has 0 spiro atoms. The predicted octanol–water partition coefficient (Wildman–Crippen LogP) is -0.653. The lowest BCUT2D eigenvalue weighted by atomic mass is 9.85. The van der Waals surface area contributed by atoms with Gasteiger partial charge in [-0.15, -0.1) is 0 Å². The lowest BCUT2D eigenvalue weighted by Gasteiger charge is -2.45. The Morgan fingerprint density at radius 1 is 0.610 bits per heavy atom. The molecule has 41 heavy (non-hydrogen) atoms. The molecule has 0 bridgehead atoms. The number of hydrogen-bond acceptors (Lipinski definition) is 11. The summed E-state index contributed by atoms with van der Waals surface area (Å²) < 4.78 is 15.3. The van der Waals surface area contributed by atoms with Crippen molar-refractivity contribution in [2.75, 3.05) is 13.2 Å². The third-order valence-electron chi connectivity index (χ3n) is 7.75. The minimum atomic E-state index is -1.74. The van der Waals surface area contributed by atoms with Gasteiger partial charge in [-0.25, -0.2) is 0 Å². The van der Waals surface area contributed by atoms with Crippen LogP contribution < -0.4 is 0 Å². The van der Waals surface area contributed by atoms with Crippen molar-refractivity contribution in [2.24, 2.45) is 11.8 Å². The van der Waals surface area contributed by atoms with Crippen LogP contribution in [0.3, 0.4) is 0 Å².